The SMILES string of the molecule is Cn1ccnc1[C@H](NC(=O)CN1C(=O)[C@H]2CCCC[C@H]2C1=O)c1ccccc1. The zero-order chi connectivity index (χ0) is 19.7. The van der Waals surface area contributed by atoms with Gasteiger partial charge in [-0.05, 0) is 18.4 Å². The fourth-order valence-corrected chi connectivity index (χ4v) is 4.33. The molecule has 2 heterocycles. The Bertz CT molecular complexity index is 868. The molecule has 1 aromatic carbocycles. The van der Waals surface area contributed by atoms with Crippen LogP contribution in [0, 0.1) is 11.8 Å². The van der Waals surface area contributed by atoms with E-state index >= 15 is 0 Å². The highest BCUT2D eigenvalue weighted by atomic mass is 16.2. The summed E-state index contributed by atoms with van der Waals surface area (Å²) in [7, 11) is 1.86. The monoisotopic (exact) mass is 380 g/mol. The van der Waals surface area contributed by atoms with Crippen LogP contribution in [0.5, 0.6) is 0 Å². The van der Waals surface area contributed by atoms with Crippen molar-refractivity contribution in [3.63, 3.8) is 0 Å². The van der Waals surface area contributed by atoms with Crippen molar-refractivity contribution >= 4 is 17.7 Å². The number of aromatic nitrogens is 2. The van der Waals surface area contributed by atoms with Gasteiger partial charge in [0.25, 0.3) is 0 Å². The maximum Gasteiger partial charge on any atom is 0.241 e. The first kappa shape index (κ1) is 18.4. The van der Waals surface area contributed by atoms with Crippen LogP contribution in [0.15, 0.2) is 42.7 Å². The van der Waals surface area contributed by atoms with E-state index in [4.69, 9.17) is 0 Å². The normalized spacial score (nSPS) is 22.8. The van der Waals surface area contributed by atoms with Crippen molar-refractivity contribution in [2.24, 2.45) is 18.9 Å². The van der Waals surface area contributed by atoms with Gasteiger partial charge in [0, 0.05) is 19.4 Å². The standard InChI is InChI=1S/C21H24N4O3/c1-24-12-11-22-19(24)18(14-7-3-2-4-8-14)23-17(26)13-25-20(27)15-9-5-6-10-16(15)21(25)28/h2-4,7-8,11-12,15-16,18H,5-6,9-10,13H2,1H3,(H,23,26)/t15-,16+,18-/m1/s1. The second-order valence-corrected chi connectivity index (χ2v) is 7.57. The molecule has 7 nitrogen and oxygen atoms in total. The number of hydrogen-bond donors (Lipinski definition) is 1. The van der Waals surface area contributed by atoms with Crippen LogP contribution in [0.2, 0.25) is 0 Å². The molecule has 1 N–H and O–H groups in total. The van der Waals surface area contributed by atoms with E-state index in [9.17, 15) is 14.4 Å². The lowest BCUT2D eigenvalue weighted by Crippen LogP contribution is -2.42. The number of nitrogens with one attached hydrogen (secondary N) is 1. The molecule has 1 aliphatic heterocycles. The molecule has 2 aliphatic rings. The molecular weight excluding hydrogens is 356 g/mol. The maximum atomic E-state index is 12.8. The molecule has 146 valence electrons. The minimum atomic E-state index is -0.455. The number of imide groups is 1. The first-order valence-corrected chi connectivity index (χ1v) is 9.73. The van der Waals surface area contributed by atoms with Gasteiger partial charge in [0.1, 0.15) is 18.4 Å². The Morgan fingerprint density at radius 1 is 1.14 bits per heavy atom. The van der Waals surface area contributed by atoms with Gasteiger partial charge in [-0.3, -0.25) is 19.3 Å². The van der Waals surface area contributed by atoms with Gasteiger partial charge in [0.15, 0.2) is 0 Å². The van der Waals surface area contributed by atoms with E-state index in [1.807, 2.05) is 48.1 Å². The maximum absolute atomic E-state index is 12.8. The second-order valence-electron chi connectivity index (χ2n) is 7.57. The van der Waals surface area contributed by atoms with Crippen molar-refractivity contribution in [3.8, 4) is 0 Å². The number of nitrogens with zero attached hydrogens (tertiary/aromatic N) is 3. The molecule has 3 atom stereocenters. The fourth-order valence-electron chi connectivity index (χ4n) is 4.33. The Hall–Kier alpha value is -2.96. The van der Waals surface area contributed by atoms with Gasteiger partial charge in [-0.15, -0.1) is 0 Å². The molecule has 1 aliphatic carbocycles. The zero-order valence-electron chi connectivity index (χ0n) is 15.9. The highest BCUT2D eigenvalue weighted by Crippen LogP contribution is 2.37. The molecular formula is C21H24N4O3. The Balaban J connectivity index is 1.52. The molecule has 1 saturated carbocycles. The van der Waals surface area contributed by atoms with Crippen LogP contribution in [0.1, 0.15) is 43.1 Å². The third-order valence-electron chi connectivity index (χ3n) is 5.79. The highest BCUT2D eigenvalue weighted by molar-refractivity contribution is 6.07. The predicted molar refractivity (Wildman–Crippen MR) is 102 cm³/mol. The van der Waals surface area contributed by atoms with Crippen LogP contribution in [0.4, 0.5) is 0 Å². The molecule has 28 heavy (non-hydrogen) atoms. The number of hydrogen-bond acceptors (Lipinski definition) is 4. The number of imidazole rings is 1. The summed E-state index contributed by atoms with van der Waals surface area (Å²) >= 11 is 0. The van der Waals surface area contributed by atoms with E-state index in [-0.39, 0.29) is 36.1 Å². The van der Waals surface area contributed by atoms with E-state index < -0.39 is 6.04 Å². The predicted octanol–water partition coefficient (Wildman–Crippen LogP) is 1.80. The summed E-state index contributed by atoms with van der Waals surface area (Å²) in [5, 5.41) is 2.96. The summed E-state index contributed by atoms with van der Waals surface area (Å²) in [6, 6.07) is 9.08. The van der Waals surface area contributed by atoms with Gasteiger partial charge >= 0.3 is 0 Å². The Labute approximate surface area is 163 Å². The molecule has 0 bridgehead atoms. The molecule has 2 fully saturated rings. The van der Waals surface area contributed by atoms with Crippen LogP contribution in [0.25, 0.3) is 0 Å². The minimum absolute atomic E-state index is 0.196. The number of carbonyl (C=O) groups is 3. The van der Waals surface area contributed by atoms with Gasteiger partial charge in [0.2, 0.25) is 17.7 Å². The molecule has 0 spiro atoms. The number of likely N-dealkylation sites (tertiary alicyclic amines) is 1. The number of aryl methyl sites for hydroxylation is 1. The highest BCUT2D eigenvalue weighted by Gasteiger charge is 2.48. The molecule has 0 unspecified atom stereocenters. The van der Waals surface area contributed by atoms with Crippen LogP contribution >= 0.6 is 0 Å². The van der Waals surface area contributed by atoms with E-state index in [1.165, 1.54) is 0 Å². The third kappa shape index (κ3) is 3.32. The first-order chi connectivity index (χ1) is 13.6. The molecule has 2 aromatic rings. The van der Waals surface area contributed by atoms with Gasteiger partial charge in [-0.25, -0.2) is 4.98 Å². The van der Waals surface area contributed by atoms with E-state index in [0.29, 0.717) is 5.82 Å². The van der Waals surface area contributed by atoms with Gasteiger partial charge < -0.3 is 9.88 Å². The Kier molecular flexibility index (Phi) is 4.98. The minimum Gasteiger partial charge on any atom is -0.341 e. The molecule has 0 radical (unpaired) electrons. The summed E-state index contributed by atoms with van der Waals surface area (Å²) in [5.41, 5.74) is 0.887. The quantitative estimate of drug-likeness (QED) is 0.802. The summed E-state index contributed by atoms with van der Waals surface area (Å²) in [6.07, 6.45) is 6.91. The van der Waals surface area contributed by atoms with Crippen molar-refractivity contribution in [2.45, 2.75) is 31.7 Å². The molecule has 7 heteroatoms. The van der Waals surface area contributed by atoms with Crippen molar-refractivity contribution < 1.29 is 14.4 Å². The van der Waals surface area contributed by atoms with E-state index in [1.54, 1.807) is 6.20 Å². The average Bonchev–Trinajstić information content (AvgIpc) is 3.24. The van der Waals surface area contributed by atoms with E-state index in [0.717, 1.165) is 36.1 Å². The largest absolute Gasteiger partial charge is 0.341 e. The number of fused-ring (bicyclic) bond motifs is 1. The van der Waals surface area contributed by atoms with Gasteiger partial charge in [-0.1, -0.05) is 43.2 Å². The summed E-state index contributed by atoms with van der Waals surface area (Å²) in [5.74, 6) is -0.553. The van der Waals surface area contributed by atoms with Gasteiger partial charge in [0.05, 0.1) is 11.8 Å². The topological polar surface area (TPSA) is 84.3 Å². The molecule has 1 aromatic heterocycles. The van der Waals surface area contributed by atoms with Crippen LogP contribution in [-0.2, 0) is 21.4 Å². The van der Waals surface area contributed by atoms with Crippen LogP contribution < -0.4 is 5.32 Å². The lowest BCUT2D eigenvalue weighted by atomic mass is 9.81. The first-order valence-electron chi connectivity index (χ1n) is 9.73. The Morgan fingerprint density at radius 3 is 2.36 bits per heavy atom. The van der Waals surface area contributed by atoms with Gasteiger partial charge in [-0.2, -0.15) is 0 Å². The Morgan fingerprint density at radius 2 is 1.79 bits per heavy atom. The number of amides is 3. The third-order valence-corrected chi connectivity index (χ3v) is 5.79. The van der Waals surface area contributed by atoms with Crippen molar-refractivity contribution in [2.75, 3.05) is 6.54 Å². The molecule has 4 rings (SSSR count). The summed E-state index contributed by atoms with van der Waals surface area (Å²) in [4.78, 5) is 43.6. The lowest BCUT2D eigenvalue weighted by Gasteiger charge is -2.21. The zero-order valence-corrected chi connectivity index (χ0v) is 15.9. The molecule has 1 saturated heterocycles. The van der Waals surface area contributed by atoms with Crippen LogP contribution in [0.3, 0.4) is 0 Å². The van der Waals surface area contributed by atoms with Crippen molar-refractivity contribution in [1.29, 1.82) is 0 Å². The number of rotatable bonds is 5. The smallest absolute Gasteiger partial charge is 0.241 e. The van der Waals surface area contributed by atoms with Crippen LogP contribution in [-0.4, -0.2) is 38.7 Å². The van der Waals surface area contributed by atoms with Crippen molar-refractivity contribution in [1.82, 2.24) is 19.8 Å². The summed E-state index contributed by atoms with van der Waals surface area (Å²) < 4.78 is 1.85. The number of benzene rings is 1. The lowest BCUT2D eigenvalue weighted by molar-refractivity contribution is -0.143. The fraction of sp³-hybridized carbons (Fsp3) is 0.429. The molecule has 3 amide bonds. The summed E-state index contributed by atoms with van der Waals surface area (Å²) in [6.45, 7) is -0.238. The van der Waals surface area contributed by atoms with Crippen molar-refractivity contribution in [3.05, 3.63) is 54.1 Å². The van der Waals surface area contributed by atoms with E-state index in [2.05, 4.69) is 10.3 Å². The average molecular weight is 380 g/mol. The number of carbonyl (C=O) groups excluding carboxylic acids is 3. The second kappa shape index (κ2) is 7.58.